The Bertz CT molecular complexity index is 1000. The number of hydrogen-bond acceptors (Lipinski definition) is 6. The molecule has 1 aliphatic rings. The van der Waals surface area contributed by atoms with Crippen LogP contribution in [0.1, 0.15) is 11.3 Å². The van der Waals surface area contributed by atoms with Crippen LogP contribution < -0.4 is 4.90 Å². The Morgan fingerprint density at radius 3 is 2.68 bits per heavy atom. The van der Waals surface area contributed by atoms with E-state index in [1.54, 1.807) is 29.7 Å². The van der Waals surface area contributed by atoms with Gasteiger partial charge < -0.3 is 9.80 Å². The number of aromatic nitrogens is 2. The van der Waals surface area contributed by atoms with Crippen LogP contribution in [0, 0.1) is 11.3 Å². The van der Waals surface area contributed by atoms with Gasteiger partial charge in [0.2, 0.25) is 5.91 Å². The zero-order chi connectivity index (χ0) is 19.3. The van der Waals surface area contributed by atoms with Crippen molar-refractivity contribution >= 4 is 23.1 Å². The van der Waals surface area contributed by atoms with Crippen molar-refractivity contribution in [2.45, 2.75) is 6.42 Å². The molecule has 0 bridgehead atoms. The van der Waals surface area contributed by atoms with E-state index in [2.05, 4.69) is 20.9 Å². The molecule has 6 nitrogen and oxygen atoms in total. The Morgan fingerprint density at radius 2 is 1.93 bits per heavy atom. The van der Waals surface area contributed by atoms with Crippen LogP contribution in [0.15, 0.2) is 54.0 Å². The third-order valence-corrected chi connectivity index (χ3v) is 5.68. The summed E-state index contributed by atoms with van der Waals surface area (Å²) in [5.74, 6) is 0.890. The predicted octanol–water partition coefficient (Wildman–Crippen LogP) is 2.97. The molecule has 0 aliphatic carbocycles. The van der Waals surface area contributed by atoms with Gasteiger partial charge >= 0.3 is 0 Å². The summed E-state index contributed by atoms with van der Waals surface area (Å²) in [6.45, 7) is 2.71. The topological polar surface area (TPSA) is 73.1 Å². The number of thiazole rings is 1. The summed E-state index contributed by atoms with van der Waals surface area (Å²) < 4.78 is 0. The van der Waals surface area contributed by atoms with E-state index in [1.807, 2.05) is 40.6 Å². The minimum atomic E-state index is 0.100. The van der Waals surface area contributed by atoms with Gasteiger partial charge in [0.25, 0.3) is 0 Å². The minimum Gasteiger partial charge on any atom is -0.353 e. The molecule has 3 heterocycles. The van der Waals surface area contributed by atoms with Crippen LogP contribution in [0.3, 0.4) is 0 Å². The second kappa shape index (κ2) is 8.19. The quantitative estimate of drug-likeness (QED) is 0.686. The fraction of sp³-hybridized carbons (Fsp3) is 0.238. The number of amides is 1. The van der Waals surface area contributed by atoms with Gasteiger partial charge in [0.05, 0.1) is 23.7 Å². The number of benzene rings is 1. The van der Waals surface area contributed by atoms with Gasteiger partial charge in [-0.25, -0.2) is 9.97 Å². The van der Waals surface area contributed by atoms with Crippen molar-refractivity contribution in [3.05, 3.63) is 65.3 Å². The van der Waals surface area contributed by atoms with Gasteiger partial charge in [-0.05, 0) is 12.1 Å². The van der Waals surface area contributed by atoms with Gasteiger partial charge in [-0.2, -0.15) is 5.26 Å². The van der Waals surface area contributed by atoms with Crippen LogP contribution in [0.2, 0.25) is 0 Å². The van der Waals surface area contributed by atoms with Crippen LogP contribution in [-0.2, 0) is 11.2 Å². The molecule has 1 aromatic carbocycles. The first-order chi connectivity index (χ1) is 13.7. The van der Waals surface area contributed by atoms with E-state index in [0.29, 0.717) is 38.2 Å². The Balaban J connectivity index is 1.34. The van der Waals surface area contributed by atoms with Gasteiger partial charge in [-0.15, -0.1) is 11.3 Å². The summed E-state index contributed by atoms with van der Waals surface area (Å²) in [4.78, 5) is 25.6. The number of carbonyl (C=O) groups is 1. The maximum atomic E-state index is 12.7. The normalized spacial score (nSPS) is 14.0. The molecule has 0 saturated carbocycles. The second-order valence-corrected chi connectivity index (χ2v) is 7.43. The van der Waals surface area contributed by atoms with Crippen molar-refractivity contribution in [1.29, 1.82) is 5.26 Å². The average molecular weight is 389 g/mol. The third kappa shape index (κ3) is 4.02. The highest BCUT2D eigenvalue weighted by Gasteiger charge is 2.22. The molecular formula is C21H19N5OS. The van der Waals surface area contributed by atoms with Crippen LogP contribution in [0.4, 0.5) is 5.82 Å². The highest BCUT2D eigenvalue weighted by molar-refractivity contribution is 7.13. The first-order valence-corrected chi connectivity index (χ1v) is 9.99. The van der Waals surface area contributed by atoms with Crippen molar-refractivity contribution < 1.29 is 4.79 Å². The number of pyridine rings is 1. The van der Waals surface area contributed by atoms with Crippen LogP contribution in [0.5, 0.6) is 0 Å². The lowest BCUT2D eigenvalue weighted by molar-refractivity contribution is -0.130. The van der Waals surface area contributed by atoms with Gasteiger partial charge in [0.1, 0.15) is 10.8 Å². The highest BCUT2D eigenvalue weighted by Crippen LogP contribution is 2.24. The van der Waals surface area contributed by atoms with E-state index >= 15 is 0 Å². The van der Waals surface area contributed by atoms with Crippen molar-refractivity contribution in [1.82, 2.24) is 14.9 Å². The van der Waals surface area contributed by atoms with E-state index in [-0.39, 0.29) is 5.91 Å². The SMILES string of the molecule is N#Cc1ccnc(N2CCN(C(=O)Cc3csc(-c4ccccc4)n3)CC2)c1. The standard InChI is InChI=1S/C21H19N5OS/c22-14-16-6-7-23-19(12-16)25-8-10-26(11-9-25)20(27)13-18-15-28-21(24-18)17-4-2-1-3-5-17/h1-7,12,15H,8-11,13H2. The number of nitriles is 1. The van der Waals surface area contributed by atoms with Crippen molar-refractivity contribution in [3.63, 3.8) is 0 Å². The first kappa shape index (κ1) is 18.1. The molecule has 1 amide bonds. The van der Waals surface area contributed by atoms with Gasteiger partial charge in [0.15, 0.2) is 0 Å². The Kier molecular flexibility index (Phi) is 5.31. The van der Waals surface area contributed by atoms with E-state index < -0.39 is 0 Å². The van der Waals surface area contributed by atoms with E-state index in [4.69, 9.17) is 5.26 Å². The molecule has 3 aromatic rings. The summed E-state index contributed by atoms with van der Waals surface area (Å²) in [5.41, 5.74) is 2.49. The fourth-order valence-electron chi connectivity index (χ4n) is 3.21. The minimum absolute atomic E-state index is 0.100. The lowest BCUT2D eigenvalue weighted by Gasteiger charge is -2.35. The predicted molar refractivity (Wildman–Crippen MR) is 109 cm³/mol. The average Bonchev–Trinajstić information content (AvgIpc) is 3.23. The van der Waals surface area contributed by atoms with E-state index in [9.17, 15) is 4.79 Å². The van der Waals surface area contributed by atoms with Crippen LogP contribution >= 0.6 is 11.3 Å². The van der Waals surface area contributed by atoms with Gasteiger partial charge in [-0.3, -0.25) is 4.79 Å². The zero-order valence-corrected chi connectivity index (χ0v) is 16.1. The monoisotopic (exact) mass is 389 g/mol. The molecular weight excluding hydrogens is 370 g/mol. The highest BCUT2D eigenvalue weighted by atomic mass is 32.1. The molecule has 0 unspecified atom stereocenters. The number of piperazine rings is 1. The number of hydrogen-bond donors (Lipinski definition) is 0. The Hall–Kier alpha value is -3.24. The lowest BCUT2D eigenvalue weighted by atomic mass is 10.2. The molecule has 1 aliphatic heterocycles. The lowest BCUT2D eigenvalue weighted by Crippen LogP contribution is -2.49. The second-order valence-electron chi connectivity index (χ2n) is 6.57. The molecule has 0 N–H and O–H groups in total. The van der Waals surface area contributed by atoms with Gasteiger partial charge in [-0.1, -0.05) is 30.3 Å². The molecule has 1 fully saturated rings. The molecule has 140 valence electrons. The third-order valence-electron chi connectivity index (χ3n) is 4.74. The van der Waals surface area contributed by atoms with E-state index in [0.717, 1.165) is 22.1 Å². The summed E-state index contributed by atoms with van der Waals surface area (Å²) in [7, 11) is 0. The zero-order valence-electron chi connectivity index (χ0n) is 15.3. The first-order valence-electron chi connectivity index (χ1n) is 9.11. The number of anilines is 1. The number of carbonyl (C=O) groups excluding carboxylic acids is 1. The summed E-state index contributed by atoms with van der Waals surface area (Å²) >= 11 is 1.57. The number of nitrogens with zero attached hydrogens (tertiary/aromatic N) is 5. The van der Waals surface area contributed by atoms with E-state index in [1.165, 1.54) is 0 Å². The Labute approximate surface area is 167 Å². The van der Waals surface area contributed by atoms with Crippen LogP contribution in [0.25, 0.3) is 10.6 Å². The summed E-state index contributed by atoms with van der Waals surface area (Å²) in [5, 5.41) is 11.9. The molecule has 4 rings (SSSR count). The number of rotatable bonds is 4. The fourth-order valence-corrected chi connectivity index (χ4v) is 4.04. The molecule has 0 atom stereocenters. The largest absolute Gasteiger partial charge is 0.353 e. The smallest absolute Gasteiger partial charge is 0.228 e. The molecule has 2 aromatic heterocycles. The van der Waals surface area contributed by atoms with Crippen molar-refractivity contribution in [2.24, 2.45) is 0 Å². The van der Waals surface area contributed by atoms with Crippen LogP contribution in [-0.4, -0.2) is 47.0 Å². The maximum absolute atomic E-state index is 12.7. The summed E-state index contributed by atoms with van der Waals surface area (Å²) in [6.07, 6.45) is 1.98. The molecule has 0 spiro atoms. The molecule has 0 radical (unpaired) electrons. The summed E-state index contributed by atoms with van der Waals surface area (Å²) in [6, 6.07) is 15.6. The molecule has 7 heteroatoms. The van der Waals surface area contributed by atoms with Gasteiger partial charge in [0, 0.05) is 43.3 Å². The molecule has 1 saturated heterocycles. The maximum Gasteiger partial charge on any atom is 0.228 e. The van der Waals surface area contributed by atoms with Crippen molar-refractivity contribution in [2.75, 3.05) is 31.1 Å². The molecule has 28 heavy (non-hydrogen) atoms. The van der Waals surface area contributed by atoms with Crippen molar-refractivity contribution in [3.8, 4) is 16.6 Å². The Morgan fingerprint density at radius 1 is 1.14 bits per heavy atom.